The molecule has 2 bridgehead atoms. The first-order valence-corrected chi connectivity index (χ1v) is 11.2. The quantitative estimate of drug-likeness (QED) is 0.714. The number of carbonyl (C=O) groups excluding carboxylic acids is 2. The second-order valence-electron chi connectivity index (χ2n) is 9.48. The molecule has 0 radical (unpaired) electrons. The predicted octanol–water partition coefficient (Wildman–Crippen LogP) is 4.51. The first-order valence-electron chi connectivity index (χ1n) is 11.2. The maximum Gasteiger partial charge on any atom is 0.317 e. The molecule has 1 aromatic rings. The third kappa shape index (κ3) is 3.93. The van der Waals surface area contributed by atoms with Crippen LogP contribution in [0.5, 0.6) is 0 Å². The van der Waals surface area contributed by atoms with E-state index in [9.17, 15) is 14.0 Å². The topological polar surface area (TPSA) is 55.4 Å². The number of carbonyl (C=O) groups is 2. The molecule has 0 unspecified atom stereocenters. The zero-order chi connectivity index (χ0) is 20.6. The van der Waals surface area contributed by atoms with Crippen LogP contribution in [0.4, 0.5) is 4.39 Å². The number of nitrogens with one attached hydrogen (secondary N) is 1. The highest BCUT2D eigenvalue weighted by Crippen LogP contribution is 2.49. The van der Waals surface area contributed by atoms with Crippen LogP contribution < -0.4 is 5.32 Å². The van der Waals surface area contributed by atoms with Gasteiger partial charge in [0.2, 0.25) is 0 Å². The second kappa shape index (κ2) is 8.08. The van der Waals surface area contributed by atoms with Gasteiger partial charge in [-0.15, -0.1) is 0 Å². The molecule has 5 heteroatoms. The van der Waals surface area contributed by atoms with E-state index in [1.54, 1.807) is 19.1 Å². The monoisotopic (exact) mass is 401 g/mol. The zero-order valence-corrected chi connectivity index (χ0v) is 17.5. The Morgan fingerprint density at radius 1 is 1.17 bits per heavy atom. The summed E-state index contributed by atoms with van der Waals surface area (Å²) in [6.45, 7) is 3.71. The normalized spacial score (nSPS) is 29.4. The number of fused-ring (bicyclic) bond motifs is 2. The van der Waals surface area contributed by atoms with Gasteiger partial charge in [-0.3, -0.25) is 9.59 Å². The van der Waals surface area contributed by atoms with Crippen molar-refractivity contribution in [3.8, 4) is 0 Å². The number of esters is 1. The number of hydrogen-bond donors (Lipinski definition) is 1. The highest BCUT2D eigenvalue weighted by Gasteiger charge is 2.46. The van der Waals surface area contributed by atoms with Crippen LogP contribution >= 0.6 is 0 Å². The van der Waals surface area contributed by atoms with Crippen molar-refractivity contribution in [3.05, 3.63) is 35.6 Å². The van der Waals surface area contributed by atoms with Crippen LogP contribution in [0.2, 0.25) is 0 Å². The molecule has 0 aromatic heterocycles. The van der Waals surface area contributed by atoms with Gasteiger partial charge in [0, 0.05) is 6.04 Å². The molecule has 3 fully saturated rings. The number of hydrogen-bond acceptors (Lipinski definition) is 3. The van der Waals surface area contributed by atoms with Crippen molar-refractivity contribution in [2.75, 3.05) is 0 Å². The summed E-state index contributed by atoms with van der Waals surface area (Å²) in [5.74, 6) is 1.09. The molecule has 0 heterocycles. The smallest absolute Gasteiger partial charge is 0.317 e. The van der Waals surface area contributed by atoms with Crippen molar-refractivity contribution < 1.29 is 18.7 Å². The maximum absolute atomic E-state index is 13.8. The lowest BCUT2D eigenvalue weighted by Crippen LogP contribution is -2.46. The Balaban J connectivity index is 1.39. The fourth-order valence-electron chi connectivity index (χ4n) is 6.06. The lowest BCUT2D eigenvalue weighted by atomic mass is 9.79. The summed E-state index contributed by atoms with van der Waals surface area (Å²) in [4.78, 5) is 25.8. The Labute approximate surface area is 172 Å². The van der Waals surface area contributed by atoms with E-state index in [-0.39, 0.29) is 17.8 Å². The fraction of sp³-hybridized carbons (Fsp3) is 0.667. The standard InChI is InChI=1S/C24H32FNO3/c1-15(21-13-17-8-9-18(21)12-17)26-22(27)16(2)29-23(28)24(10-3-4-11-24)19-6-5-7-20(25)14-19/h5-7,14-18,21H,3-4,8-13H2,1-2H3,(H,26,27)/t15-,16+,17+,18+,21-/m1/s1. The van der Waals surface area contributed by atoms with E-state index in [1.165, 1.54) is 37.8 Å². The molecular weight excluding hydrogens is 369 g/mol. The van der Waals surface area contributed by atoms with Crippen LogP contribution in [0.15, 0.2) is 24.3 Å². The number of ether oxygens (including phenoxy) is 1. The van der Waals surface area contributed by atoms with E-state index in [0.29, 0.717) is 24.3 Å². The van der Waals surface area contributed by atoms with Gasteiger partial charge in [-0.05, 0) is 81.4 Å². The molecule has 3 saturated carbocycles. The summed E-state index contributed by atoms with van der Waals surface area (Å²) < 4.78 is 19.4. The molecule has 4 rings (SSSR count). The van der Waals surface area contributed by atoms with E-state index in [0.717, 1.165) is 24.7 Å². The maximum atomic E-state index is 13.8. The molecule has 3 aliphatic rings. The third-order valence-corrected chi connectivity index (χ3v) is 7.68. The summed E-state index contributed by atoms with van der Waals surface area (Å²) in [5, 5.41) is 3.09. The summed E-state index contributed by atoms with van der Waals surface area (Å²) in [6, 6.07) is 6.32. The van der Waals surface area contributed by atoms with Crippen molar-refractivity contribution in [2.24, 2.45) is 17.8 Å². The Morgan fingerprint density at radius 3 is 2.55 bits per heavy atom. The SMILES string of the molecule is C[C@H](OC(=O)C1(c2cccc(F)c2)CCCC1)C(=O)N[C@H](C)[C@H]1C[C@H]2CC[C@H]1C2. The van der Waals surface area contributed by atoms with E-state index >= 15 is 0 Å². The molecule has 3 aliphatic carbocycles. The first kappa shape index (κ1) is 20.4. The predicted molar refractivity (Wildman–Crippen MR) is 109 cm³/mol. The molecule has 0 aliphatic heterocycles. The van der Waals surface area contributed by atoms with Crippen LogP contribution in [0.1, 0.15) is 70.8 Å². The molecule has 158 valence electrons. The zero-order valence-electron chi connectivity index (χ0n) is 17.5. The van der Waals surface area contributed by atoms with Gasteiger partial charge >= 0.3 is 5.97 Å². The minimum absolute atomic E-state index is 0.0996. The van der Waals surface area contributed by atoms with Gasteiger partial charge in [0.25, 0.3) is 5.91 Å². The Kier molecular flexibility index (Phi) is 5.67. The molecule has 1 aromatic carbocycles. The Bertz CT molecular complexity index is 773. The lowest BCUT2D eigenvalue weighted by Gasteiger charge is -2.31. The number of halogens is 1. The highest BCUT2D eigenvalue weighted by molar-refractivity contribution is 5.88. The Morgan fingerprint density at radius 2 is 1.93 bits per heavy atom. The van der Waals surface area contributed by atoms with Gasteiger partial charge in [0.15, 0.2) is 6.10 Å². The van der Waals surface area contributed by atoms with Gasteiger partial charge in [-0.1, -0.05) is 31.4 Å². The molecule has 1 amide bonds. The van der Waals surface area contributed by atoms with Crippen molar-refractivity contribution >= 4 is 11.9 Å². The van der Waals surface area contributed by atoms with Gasteiger partial charge in [0.05, 0.1) is 5.41 Å². The van der Waals surface area contributed by atoms with Crippen molar-refractivity contribution in [3.63, 3.8) is 0 Å². The van der Waals surface area contributed by atoms with Crippen LogP contribution in [0.3, 0.4) is 0 Å². The molecular formula is C24H32FNO3. The van der Waals surface area contributed by atoms with Crippen LogP contribution in [0.25, 0.3) is 0 Å². The molecule has 0 spiro atoms. The average Bonchev–Trinajstić information content (AvgIpc) is 3.44. The van der Waals surface area contributed by atoms with Crippen LogP contribution in [-0.4, -0.2) is 24.0 Å². The molecule has 4 nitrogen and oxygen atoms in total. The highest BCUT2D eigenvalue weighted by atomic mass is 19.1. The third-order valence-electron chi connectivity index (χ3n) is 7.68. The minimum atomic E-state index is -0.852. The van der Waals surface area contributed by atoms with Gasteiger partial charge in [-0.2, -0.15) is 0 Å². The fourth-order valence-corrected chi connectivity index (χ4v) is 6.06. The van der Waals surface area contributed by atoms with Gasteiger partial charge in [-0.25, -0.2) is 4.39 Å². The van der Waals surface area contributed by atoms with Crippen molar-refractivity contribution in [1.29, 1.82) is 0 Å². The summed E-state index contributed by atoms with van der Waals surface area (Å²) in [5.41, 5.74) is -0.185. The minimum Gasteiger partial charge on any atom is -0.452 e. The van der Waals surface area contributed by atoms with Crippen molar-refractivity contribution in [1.82, 2.24) is 5.32 Å². The summed E-state index contributed by atoms with van der Waals surface area (Å²) >= 11 is 0. The molecule has 1 N–H and O–H groups in total. The van der Waals surface area contributed by atoms with Crippen molar-refractivity contribution in [2.45, 2.75) is 82.8 Å². The summed E-state index contributed by atoms with van der Waals surface area (Å²) in [6.07, 6.45) is 7.30. The van der Waals surface area contributed by atoms with Crippen LogP contribution in [0, 0.1) is 23.6 Å². The van der Waals surface area contributed by atoms with Gasteiger partial charge in [0.1, 0.15) is 5.82 Å². The first-order chi connectivity index (χ1) is 13.9. The average molecular weight is 402 g/mol. The number of benzene rings is 1. The molecule has 0 saturated heterocycles. The molecule has 29 heavy (non-hydrogen) atoms. The largest absolute Gasteiger partial charge is 0.452 e. The Hall–Kier alpha value is -1.91. The number of amides is 1. The van der Waals surface area contributed by atoms with Crippen LogP contribution in [-0.2, 0) is 19.7 Å². The van der Waals surface area contributed by atoms with E-state index in [1.807, 2.05) is 0 Å². The second-order valence-corrected chi connectivity index (χ2v) is 9.48. The number of rotatable bonds is 6. The van der Waals surface area contributed by atoms with E-state index in [4.69, 9.17) is 4.74 Å². The lowest BCUT2D eigenvalue weighted by molar-refractivity contribution is -0.160. The molecule has 5 atom stereocenters. The van der Waals surface area contributed by atoms with E-state index in [2.05, 4.69) is 12.2 Å². The summed E-state index contributed by atoms with van der Waals surface area (Å²) in [7, 11) is 0. The van der Waals surface area contributed by atoms with E-state index < -0.39 is 17.5 Å². The van der Waals surface area contributed by atoms with Gasteiger partial charge < -0.3 is 10.1 Å².